The highest BCUT2D eigenvalue weighted by Crippen LogP contribution is 2.43. The molecule has 1 aromatic carbocycles. The first-order valence-electron chi connectivity index (χ1n) is 18.0. The number of anilines is 1. The van der Waals surface area contributed by atoms with Gasteiger partial charge in [0, 0.05) is 25.7 Å². The maximum absolute atomic E-state index is 12.0. The van der Waals surface area contributed by atoms with E-state index in [2.05, 4.69) is 5.32 Å². The number of nitrogens with zero attached hydrogens (tertiary/aromatic N) is 3. The third kappa shape index (κ3) is 8.04. The molecule has 15 atom stereocenters. The fraction of sp³-hybridized carbons (Fsp3) is 0.818. The Labute approximate surface area is 314 Å². The number of nitro groups is 2. The van der Waals surface area contributed by atoms with Gasteiger partial charge in [0.25, 0.3) is 11.4 Å². The molecule has 7 rings (SSSR count). The highest BCUT2D eigenvalue weighted by atomic mass is 16.9. The number of hydrogen-bond acceptors (Lipinski definition) is 20. The van der Waals surface area contributed by atoms with Crippen molar-refractivity contribution in [3.8, 4) is 0 Å². The number of ether oxygens (including phenoxy) is 9. The van der Waals surface area contributed by atoms with E-state index >= 15 is 0 Å². The molecule has 22 nitrogen and oxygen atoms in total. The molecule has 0 amide bonds. The third-order valence-electron chi connectivity index (χ3n) is 10.4. The summed E-state index contributed by atoms with van der Waals surface area (Å²) in [6.45, 7) is 8.89. The smallest absolute Gasteiger partial charge is 0.299 e. The number of rotatable bonds is 13. The fourth-order valence-electron chi connectivity index (χ4n) is 8.11. The highest BCUT2D eigenvalue weighted by molar-refractivity contribution is 5.66. The minimum Gasteiger partial charge on any atom is -0.389 e. The minimum absolute atomic E-state index is 0.117. The largest absolute Gasteiger partial charge is 0.389 e. The molecule has 0 aliphatic carbocycles. The predicted molar refractivity (Wildman–Crippen MR) is 180 cm³/mol. The number of aliphatic hydroxyl groups excluding tert-OH is 5. The first kappa shape index (κ1) is 40.4. The molecule has 3 unspecified atom stereocenters. The van der Waals surface area contributed by atoms with Crippen molar-refractivity contribution >= 4 is 17.1 Å². The van der Waals surface area contributed by atoms with Crippen LogP contribution in [0, 0.1) is 20.2 Å². The second kappa shape index (κ2) is 14.6. The zero-order chi connectivity index (χ0) is 39.9. The molecule has 0 aromatic heterocycles. The minimum atomic E-state index is -1.49. The molecule has 308 valence electrons. The summed E-state index contributed by atoms with van der Waals surface area (Å²) in [6, 6.07) is 2.02. The fourth-order valence-corrected chi connectivity index (χ4v) is 8.11. The lowest BCUT2D eigenvalue weighted by atomic mass is 9.99. The van der Waals surface area contributed by atoms with E-state index in [1.165, 1.54) is 11.0 Å². The number of benzene rings is 1. The van der Waals surface area contributed by atoms with Gasteiger partial charge in [-0.25, -0.2) is 0 Å². The Morgan fingerprint density at radius 2 is 1.09 bits per heavy atom. The van der Waals surface area contributed by atoms with Gasteiger partial charge >= 0.3 is 0 Å². The summed E-state index contributed by atoms with van der Waals surface area (Å²) in [7, 11) is 0. The van der Waals surface area contributed by atoms with Crippen LogP contribution in [0.15, 0.2) is 18.2 Å². The molecule has 6 aliphatic heterocycles. The van der Waals surface area contributed by atoms with Gasteiger partial charge in [0.2, 0.25) is 0 Å². The number of fused-ring (bicyclic) bond motifs is 3. The number of hydrogen-bond donors (Lipinski definition) is 6. The quantitative estimate of drug-likeness (QED) is 0.103. The van der Waals surface area contributed by atoms with Crippen LogP contribution in [0.4, 0.5) is 17.1 Å². The van der Waals surface area contributed by atoms with Crippen molar-refractivity contribution in [2.75, 3.05) is 25.0 Å². The van der Waals surface area contributed by atoms with Crippen LogP contribution in [0.25, 0.3) is 0 Å². The van der Waals surface area contributed by atoms with Gasteiger partial charge in [0.05, 0.1) is 40.3 Å². The van der Waals surface area contributed by atoms with E-state index in [0.29, 0.717) is 0 Å². The molecule has 6 N–H and O–H groups in total. The van der Waals surface area contributed by atoms with Gasteiger partial charge in [0.15, 0.2) is 36.2 Å². The molecule has 55 heavy (non-hydrogen) atoms. The Morgan fingerprint density at radius 1 is 0.673 bits per heavy atom. The number of nitro benzene ring substituents is 2. The first-order chi connectivity index (χ1) is 25.6. The summed E-state index contributed by atoms with van der Waals surface area (Å²) in [4.78, 5) is 23.2. The maximum atomic E-state index is 12.0. The summed E-state index contributed by atoms with van der Waals surface area (Å²) in [5.74, 6) is -3.20. The summed E-state index contributed by atoms with van der Waals surface area (Å²) in [5, 5.41) is 83.1. The van der Waals surface area contributed by atoms with Gasteiger partial charge in [-0.3, -0.25) is 25.1 Å². The molecule has 0 spiro atoms. The summed E-state index contributed by atoms with van der Waals surface area (Å²) in [6.07, 6.45) is -16.3. The Hall–Kier alpha value is -2.78. The second-order valence-corrected chi connectivity index (χ2v) is 16.0. The van der Waals surface area contributed by atoms with Crippen LogP contribution >= 0.6 is 0 Å². The average Bonchev–Trinajstić information content (AvgIpc) is 3.87. The maximum Gasteiger partial charge on any atom is 0.299 e. The van der Waals surface area contributed by atoms with Crippen LogP contribution in [-0.4, -0.2) is 169 Å². The molecule has 6 fully saturated rings. The summed E-state index contributed by atoms with van der Waals surface area (Å²) in [5.41, 5.74) is -1.23. The Morgan fingerprint density at radius 3 is 1.53 bits per heavy atom. The van der Waals surface area contributed by atoms with E-state index in [-0.39, 0.29) is 25.3 Å². The standard InChI is InChI=1S/C33H48N4O18/c1-31(2)50-25-19(34-14-8-7-13(36(43)44)9-15(14)37(45)46)22(47-28(25)53-31)16(38)10-35(11-17(39)23-20(41)26-29(48-23)54-32(3,4)51-26)12-18(40)24-21(42)27-30(49-24)55-33(5,6)52-27/h7-9,16-30,34,38-42H,10-12H2,1-6H3/t16?,17?,18?,19-,20-,21-,22+,23+,24+,25+,26+,27+,28+,29+,30+/m0/s1. The van der Waals surface area contributed by atoms with Crippen LogP contribution in [0.2, 0.25) is 0 Å². The van der Waals surface area contributed by atoms with Crippen molar-refractivity contribution in [3.05, 3.63) is 38.4 Å². The molecular weight excluding hydrogens is 740 g/mol. The summed E-state index contributed by atoms with van der Waals surface area (Å²) < 4.78 is 52.7. The van der Waals surface area contributed by atoms with Gasteiger partial charge in [0.1, 0.15) is 54.5 Å². The molecule has 6 saturated heterocycles. The Bertz CT molecular complexity index is 1570. The molecule has 0 bridgehead atoms. The summed E-state index contributed by atoms with van der Waals surface area (Å²) >= 11 is 0. The second-order valence-electron chi connectivity index (χ2n) is 16.0. The topological polar surface area (TPSA) is 286 Å². The average molecular weight is 789 g/mol. The van der Waals surface area contributed by atoms with Crippen molar-refractivity contribution < 1.29 is 78.0 Å². The van der Waals surface area contributed by atoms with E-state index in [0.717, 1.165) is 12.1 Å². The van der Waals surface area contributed by atoms with Crippen LogP contribution in [0.1, 0.15) is 41.5 Å². The van der Waals surface area contributed by atoms with Gasteiger partial charge in [-0.2, -0.15) is 0 Å². The molecule has 6 aliphatic rings. The van der Waals surface area contributed by atoms with E-state index < -0.39 is 131 Å². The van der Waals surface area contributed by atoms with E-state index in [4.69, 9.17) is 42.6 Å². The van der Waals surface area contributed by atoms with Gasteiger partial charge in [-0.05, 0) is 47.6 Å². The van der Waals surface area contributed by atoms with E-state index in [1.807, 2.05) is 0 Å². The highest BCUT2D eigenvalue weighted by Gasteiger charge is 2.59. The first-order valence-corrected chi connectivity index (χ1v) is 18.0. The molecule has 0 radical (unpaired) electrons. The Balaban J connectivity index is 1.12. The third-order valence-corrected chi connectivity index (χ3v) is 10.4. The molecule has 0 saturated carbocycles. The predicted octanol–water partition coefficient (Wildman–Crippen LogP) is -0.981. The SMILES string of the molecule is CC1(C)O[C@H]2O[C@H](C(O)CN(CC(O)[C@H]3O[C@@H]4OC(C)(C)O[C@@H]4[C@H]3O)CC(O)[C@H]3O[C@@H]4OC(C)(C)O[C@@H]4[C@H]3Nc3ccc([N+](=O)[O-])cc3[N+](=O)[O-])[C@H](O)[C@H]2O1. The zero-order valence-corrected chi connectivity index (χ0v) is 30.9. The number of nitrogens with one attached hydrogen (secondary N) is 1. The Kier molecular flexibility index (Phi) is 10.7. The lowest BCUT2D eigenvalue weighted by Crippen LogP contribution is -2.54. The number of non-ortho nitro benzene ring substituents is 1. The lowest BCUT2D eigenvalue weighted by molar-refractivity contribution is -0.393. The van der Waals surface area contributed by atoms with Gasteiger partial charge < -0.3 is 73.5 Å². The van der Waals surface area contributed by atoms with Crippen molar-refractivity contribution in [2.45, 2.75) is 151 Å². The number of aliphatic hydroxyl groups is 5. The molecule has 22 heteroatoms. The molecule has 1 aromatic rings. The van der Waals surface area contributed by atoms with Crippen molar-refractivity contribution in [3.63, 3.8) is 0 Å². The van der Waals surface area contributed by atoms with Crippen LogP contribution in [0.5, 0.6) is 0 Å². The van der Waals surface area contributed by atoms with E-state index in [1.54, 1.807) is 41.5 Å². The normalized spacial score (nSPS) is 39.8. The monoisotopic (exact) mass is 788 g/mol. The van der Waals surface area contributed by atoms with Crippen molar-refractivity contribution in [1.29, 1.82) is 0 Å². The van der Waals surface area contributed by atoms with Crippen LogP contribution < -0.4 is 5.32 Å². The van der Waals surface area contributed by atoms with Crippen LogP contribution in [0.3, 0.4) is 0 Å². The molecule has 6 heterocycles. The van der Waals surface area contributed by atoms with E-state index in [9.17, 15) is 45.8 Å². The van der Waals surface area contributed by atoms with Crippen LogP contribution in [-0.2, 0) is 42.6 Å². The van der Waals surface area contributed by atoms with Gasteiger partial charge in [-0.15, -0.1) is 0 Å². The zero-order valence-electron chi connectivity index (χ0n) is 30.9. The molecular formula is C33H48N4O18. The lowest BCUT2D eigenvalue weighted by Gasteiger charge is -2.36. The van der Waals surface area contributed by atoms with Gasteiger partial charge in [-0.1, -0.05) is 0 Å². The van der Waals surface area contributed by atoms with Crippen molar-refractivity contribution in [2.24, 2.45) is 0 Å². The van der Waals surface area contributed by atoms with Crippen molar-refractivity contribution in [1.82, 2.24) is 4.90 Å².